The van der Waals surface area contributed by atoms with E-state index in [-0.39, 0.29) is 36.2 Å². The van der Waals surface area contributed by atoms with Gasteiger partial charge in [0.05, 0.1) is 6.10 Å². The lowest BCUT2D eigenvalue weighted by Crippen LogP contribution is -2.57. The molecule has 0 aromatic heterocycles. The first-order chi connectivity index (χ1) is 18.3. The maximum Gasteiger partial charge on any atom is 0.410 e. The fourth-order valence-electron chi connectivity index (χ4n) is 9.80. The van der Waals surface area contributed by atoms with Crippen molar-refractivity contribution in [3.63, 3.8) is 0 Å². The second kappa shape index (κ2) is 10.1. The van der Waals surface area contributed by atoms with Crippen molar-refractivity contribution in [1.29, 1.82) is 0 Å². The van der Waals surface area contributed by atoms with Crippen molar-refractivity contribution in [3.05, 3.63) is 35.9 Å². The van der Waals surface area contributed by atoms with Crippen molar-refractivity contribution < 1.29 is 19.4 Å². The summed E-state index contributed by atoms with van der Waals surface area (Å²) in [6, 6.07) is 9.45. The van der Waals surface area contributed by atoms with Crippen LogP contribution >= 0.6 is 0 Å². The first kappa shape index (κ1) is 26.2. The number of likely N-dealkylation sites (tertiary alicyclic amines) is 1. The number of benzene rings is 1. The standard InChI is InChI=1S/C32H46N2O4/c1-31-16-14-23(35)19-22(31)10-11-24-25-12-13-28(32(25,2)17-15-26(24)31)33-29(36)27-9-6-18-34(27)30(37)38-20-21-7-4-3-5-8-21/h3-5,7-8,22-28,35H,6,9-20H2,1-2H3,(H,33,36)/t22-,23+,24-,25-,26-,27-,28-,31-,32-/m0/s1. The number of nitrogens with zero attached hydrogens (tertiary/aromatic N) is 1. The molecular weight excluding hydrogens is 476 g/mol. The lowest BCUT2D eigenvalue weighted by Gasteiger charge is -2.61. The van der Waals surface area contributed by atoms with Gasteiger partial charge in [-0.15, -0.1) is 0 Å². The molecule has 2 N–H and O–H groups in total. The molecule has 1 aromatic carbocycles. The molecule has 5 fully saturated rings. The Balaban J connectivity index is 1.09. The topological polar surface area (TPSA) is 78.9 Å². The molecule has 6 nitrogen and oxygen atoms in total. The molecule has 4 aliphatic carbocycles. The first-order valence-corrected chi connectivity index (χ1v) is 15.3. The van der Waals surface area contributed by atoms with E-state index in [1.54, 1.807) is 4.90 Å². The van der Waals surface area contributed by atoms with Gasteiger partial charge < -0.3 is 15.2 Å². The third-order valence-electron chi connectivity index (χ3n) is 11.9. The van der Waals surface area contributed by atoms with Crippen LogP contribution in [0.4, 0.5) is 4.79 Å². The third kappa shape index (κ3) is 4.45. The normalized spacial score (nSPS) is 42.1. The molecule has 4 saturated carbocycles. The zero-order chi connectivity index (χ0) is 26.5. The summed E-state index contributed by atoms with van der Waals surface area (Å²) in [6.45, 7) is 5.77. The predicted octanol–water partition coefficient (Wildman–Crippen LogP) is 5.68. The van der Waals surface area contributed by atoms with Crippen molar-refractivity contribution >= 4 is 12.0 Å². The molecule has 6 rings (SSSR count). The highest BCUT2D eigenvalue weighted by molar-refractivity contribution is 5.86. The summed E-state index contributed by atoms with van der Waals surface area (Å²) in [5.74, 6) is 2.83. The van der Waals surface area contributed by atoms with Gasteiger partial charge in [-0.2, -0.15) is 0 Å². The maximum atomic E-state index is 13.6. The number of rotatable bonds is 4. The van der Waals surface area contributed by atoms with Crippen LogP contribution in [0.3, 0.4) is 0 Å². The van der Waals surface area contributed by atoms with Crippen LogP contribution in [0.15, 0.2) is 30.3 Å². The number of aliphatic hydroxyl groups excluding tert-OH is 1. The lowest BCUT2D eigenvalue weighted by atomic mass is 9.45. The number of fused-ring (bicyclic) bond motifs is 5. The highest BCUT2D eigenvalue weighted by Crippen LogP contribution is 2.66. The molecule has 6 heteroatoms. The van der Waals surface area contributed by atoms with E-state index in [4.69, 9.17) is 4.74 Å². The van der Waals surface area contributed by atoms with E-state index in [2.05, 4.69) is 19.2 Å². The number of carbonyl (C=O) groups is 2. The monoisotopic (exact) mass is 522 g/mol. The fraction of sp³-hybridized carbons (Fsp3) is 0.750. The average molecular weight is 523 g/mol. The van der Waals surface area contributed by atoms with Crippen LogP contribution in [-0.4, -0.2) is 46.7 Å². The Hall–Kier alpha value is -2.08. The smallest absolute Gasteiger partial charge is 0.410 e. The number of aliphatic hydroxyl groups is 1. The molecule has 9 atom stereocenters. The van der Waals surface area contributed by atoms with Crippen molar-refractivity contribution in [2.24, 2.45) is 34.5 Å². The van der Waals surface area contributed by atoms with Gasteiger partial charge in [-0.3, -0.25) is 9.69 Å². The summed E-state index contributed by atoms with van der Waals surface area (Å²) >= 11 is 0. The summed E-state index contributed by atoms with van der Waals surface area (Å²) in [5, 5.41) is 13.8. The Bertz CT molecular complexity index is 1030. The molecule has 1 saturated heterocycles. The third-order valence-corrected chi connectivity index (χ3v) is 11.9. The summed E-state index contributed by atoms with van der Waals surface area (Å²) in [7, 11) is 0. The highest BCUT2D eigenvalue weighted by Gasteiger charge is 2.60. The van der Waals surface area contributed by atoms with E-state index < -0.39 is 6.04 Å². The molecule has 0 spiro atoms. The molecule has 2 amide bonds. The molecule has 1 heterocycles. The molecule has 1 aliphatic heterocycles. The zero-order valence-corrected chi connectivity index (χ0v) is 23.2. The Kier molecular flexibility index (Phi) is 6.99. The number of carbonyl (C=O) groups excluding carboxylic acids is 2. The van der Waals surface area contributed by atoms with E-state index in [0.717, 1.165) is 43.1 Å². The maximum absolute atomic E-state index is 13.6. The zero-order valence-electron chi connectivity index (χ0n) is 23.2. The summed E-state index contributed by atoms with van der Waals surface area (Å²) in [6.07, 6.45) is 11.4. The van der Waals surface area contributed by atoms with Gasteiger partial charge in [0, 0.05) is 12.6 Å². The fourth-order valence-corrected chi connectivity index (χ4v) is 9.80. The second-order valence-electron chi connectivity index (χ2n) is 13.7. The molecule has 38 heavy (non-hydrogen) atoms. The molecule has 5 aliphatic rings. The number of hydrogen-bond donors (Lipinski definition) is 2. The van der Waals surface area contributed by atoms with Crippen LogP contribution in [0.2, 0.25) is 0 Å². The van der Waals surface area contributed by atoms with Gasteiger partial charge in [-0.05, 0) is 111 Å². The summed E-state index contributed by atoms with van der Waals surface area (Å²) < 4.78 is 5.58. The van der Waals surface area contributed by atoms with Crippen LogP contribution < -0.4 is 5.32 Å². The van der Waals surface area contributed by atoms with Gasteiger partial charge in [0.15, 0.2) is 0 Å². The quantitative estimate of drug-likeness (QED) is 0.534. The molecule has 0 radical (unpaired) electrons. The Morgan fingerprint density at radius 1 is 0.974 bits per heavy atom. The Morgan fingerprint density at radius 2 is 1.74 bits per heavy atom. The average Bonchev–Trinajstić information content (AvgIpc) is 3.53. The summed E-state index contributed by atoms with van der Waals surface area (Å²) in [5.41, 5.74) is 1.45. The van der Waals surface area contributed by atoms with Crippen LogP contribution in [0.5, 0.6) is 0 Å². The van der Waals surface area contributed by atoms with E-state index in [0.29, 0.717) is 30.2 Å². The van der Waals surface area contributed by atoms with E-state index in [1.165, 1.54) is 38.5 Å². The van der Waals surface area contributed by atoms with E-state index in [1.807, 2.05) is 30.3 Å². The predicted molar refractivity (Wildman–Crippen MR) is 146 cm³/mol. The van der Waals surface area contributed by atoms with Gasteiger partial charge in [-0.25, -0.2) is 4.79 Å². The number of nitrogens with one attached hydrogen (secondary N) is 1. The van der Waals surface area contributed by atoms with Crippen molar-refractivity contribution in [1.82, 2.24) is 10.2 Å². The van der Waals surface area contributed by atoms with Crippen molar-refractivity contribution in [3.8, 4) is 0 Å². The van der Waals surface area contributed by atoms with Crippen molar-refractivity contribution in [2.75, 3.05) is 6.54 Å². The SMILES string of the molecule is C[C@]12CC[C@@H](O)C[C@@H]1CC[C@@H]1[C@@H]2CC[C@]2(C)[C@@H](NC(=O)[C@@H]3CCCN3C(=O)OCc3ccccc3)CC[C@@H]12. The first-order valence-electron chi connectivity index (χ1n) is 15.3. The molecule has 208 valence electrons. The molecule has 1 aromatic rings. The van der Waals surface area contributed by atoms with Gasteiger partial charge in [0.2, 0.25) is 5.91 Å². The van der Waals surface area contributed by atoms with Crippen molar-refractivity contribution in [2.45, 2.75) is 109 Å². The van der Waals surface area contributed by atoms with Crippen LogP contribution in [0.1, 0.15) is 90.0 Å². The minimum Gasteiger partial charge on any atom is -0.445 e. The molecular formula is C32H46N2O4. The van der Waals surface area contributed by atoms with Crippen LogP contribution in [-0.2, 0) is 16.1 Å². The van der Waals surface area contributed by atoms with Gasteiger partial charge in [-0.1, -0.05) is 44.2 Å². The van der Waals surface area contributed by atoms with Gasteiger partial charge >= 0.3 is 6.09 Å². The summed E-state index contributed by atoms with van der Waals surface area (Å²) in [4.78, 5) is 28.1. The van der Waals surface area contributed by atoms with E-state index in [9.17, 15) is 14.7 Å². The minimum absolute atomic E-state index is 0.00472. The van der Waals surface area contributed by atoms with Crippen LogP contribution in [0, 0.1) is 34.5 Å². The lowest BCUT2D eigenvalue weighted by molar-refractivity contribution is -0.132. The number of ether oxygens (including phenoxy) is 1. The second-order valence-corrected chi connectivity index (χ2v) is 13.7. The largest absolute Gasteiger partial charge is 0.445 e. The van der Waals surface area contributed by atoms with Gasteiger partial charge in [0.25, 0.3) is 0 Å². The molecule has 0 bridgehead atoms. The Morgan fingerprint density at radius 3 is 2.55 bits per heavy atom. The van der Waals surface area contributed by atoms with Crippen LogP contribution in [0.25, 0.3) is 0 Å². The minimum atomic E-state index is -0.430. The molecule has 0 unspecified atom stereocenters. The van der Waals surface area contributed by atoms with Gasteiger partial charge in [0.1, 0.15) is 12.6 Å². The number of amides is 2. The number of hydrogen-bond acceptors (Lipinski definition) is 4. The highest BCUT2D eigenvalue weighted by atomic mass is 16.6. The Labute approximate surface area is 227 Å². The van der Waals surface area contributed by atoms with E-state index >= 15 is 0 Å².